The van der Waals surface area contributed by atoms with Crippen molar-refractivity contribution in [2.24, 2.45) is 0 Å². The maximum atomic E-state index is 12.2. The number of hydrogen-bond donors (Lipinski definition) is 1. The van der Waals surface area contributed by atoms with Gasteiger partial charge >= 0.3 is 0 Å². The van der Waals surface area contributed by atoms with Gasteiger partial charge in [-0.1, -0.05) is 29.3 Å². The fourth-order valence-corrected chi connectivity index (χ4v) is 3.18. The summed E-state index contributed by atoms with van der Waals surface area (Å²) in [5.74, 6) is -0.405. The SMILES string of the molecule is O=C(Cn1nc(-c2cccs2)ccc1=O)Nc1ccc(Cl)cc1Cl. The molecule has 0 saturated heterocycles. The number of hydrogen-bond acceptors (Lipinski definition) is 4. The molecule has 0 aliphatic rings. The van der Waals surface area contributed by atoms with Crippen LogP contribution in [0, 0.1) is 0 Å². The molecular weight excluding hydrogens is 369 g/mol. The standard InChI is InChI=1S/C16H11Cl2N3O2S/c17-10-3-4-12(11(18)8-10)19-15(22)9-21-16(23)6-5-13(20-21)14-2-1-7-24-14/h1-8H,9H2,(H,19,22). The second-order valence-electron chi connectivity index (χ2n) is 4.86. The Morgan fingerprint density at radius 3 is 2.75 bits per heavy atom. The number of carbonyl (C=O) groups is 1. The summed E-state index contributed by atoms with van der Waals surface area (Å²) in [4.78, 5) is 25.0. The van der Waals surface area contributed by atoms with Crippen LogP contribution in [0.3, 0.4) is 0 Å². The van der Waals surface area contributed by atoms with E-state index in [4.69, 9.17) is 23.2 Å². The van der Waals surface area contributed by atoms with Gasteiger partial charge in [0.25, 0.3) is 5.56 Å². The summed E-state index contributed by atoms with van der Waals surface area (Å²) in [6, 6.07) is 11.6. The van der Waals surface area contributed by atoms with Crippen molar-refractivity contribution < 1.29 is 4.79 Å². The second kappa shape index (κ2) is 7.17. The summed E-state index contributed by atoms with van der Waals surface area (Å²) in [7, 11) is 0. The lowest BCUT2D eigenvalue weighted by Gasteiger charge is -2.09. The van der Waals surface area contributed by atoms with Gasteiger partial charge in [0.1, 0.15) is 12.2 Å². The number of thiophene rings is 1. The van der Waals surface area contributed by atoms with Gasteiger partial charge in [0.2, 0.25) is 5.91 Å². The zero-order valence-corrected chi connectivity index (χ0v) is 14.5. The van der Waals surface area contributed by atoms with E-state index in [-0.39, 0.29) is 12.1 Å². The summed E-state index contributed by atoms with van der Waals surface area (Å²) in [5, 5.41) is 9.59. The number of nitrogens with one attached hydrogen (secondary N) is 1. The highest BCUT2D eigenvalue weighted by Crippen LogP contribution is 2.25. The lowest BCUT2D eigenvalue weighted by molar-refractivity contribution is -0.117. The van der Waals surface area contributed by atoms with Gasteiger partial charge in [-0.3, -0.25) is 9.59 Å². The lowest BCUT2D eigenvalue weighted by atomic mass is 10.3. The van der Waals surface area contributed by atoms with Gasteiger partial charge < -0.3 is 5.32 Å². The minimum absolute atomic E-state index is 0.211. The van der Waals surface area contributed by atoms with Gasteiger partial charge in [-0.15, -0.1) is 11.3 Å². The maximum Gasteiger partial charge on any atom is 0.267 e. The molecule has 2 heterocycles. The largest absolute Gasteiger partial charge is 0.323 e. The monoisotopic (exact) mass is 379 g/mol. The van der Waals surface area contributed by atoms with Crippen LogP contribution in [0.15, 0.2) is 52.6 Å². The Morgan fingerprint density at radius 2 is 2.04 bits per heavy atom. The highest BCUT2D eigenvalue weighted by Gasteiger charge is 2.10. The molecule has 0 bridgehead atoms. The molecule has 0 saturated carbocycles. The first kappa shape index (κ1) is 16.7. The van der Waals surface area contributed by atoms with Gasteiger partial charge in [-0.2, -0.15) is 5.10 Å². The van der Waals surface area contributed by atoms with Gasteiger partial charge in [-0.05, 0) is 35.7 Å². The van der Waals surface area contributed by atoms with E-state index in [0.29, 0.717) is 21.4 Å². The van der Waals surface area contributed by atoms with Gasteiger partial charge in [0, 0.05) is 11.1 Å². The molecule has 3 aromatic rings. The van der Waals surface area contributed by atoms with E-state index in [2.05, 4.69) is 10.4 Å². The third-order valence-corrected chi connectivity index (χ3v) is 4.58. The smallest absolute Gasteiger partial charge is 0.267 e. The predicted octanol–water partition coefficient (Wildman–Crippen LogP) is 3.92. The van der Waals surface area contributed by atoms with Crippen LogP contribution >= 0.6 is 34.5 Å². The Hall–Kier alpha value is -2.15. The van der Waals surface area contributed by atoms with Crippen LogP contribution in [0.4, 0.5) is 5.69 Å². The van der Waals surface area contributed by atoms with Crippen molar-refractivity contribution >= 4 is 46.1 Å². The number of aromatic nitrogens is 2. The van der Waals surface area contributed by atoms with E-state index in [9.17, 15) is 9.59 Å². The van der Waals surface area contributed by atoms with E-state index in [1.165, 1.54) is 23.5 Å². The summed E-state index contributed by atoms with van der Waals surface area (Å²) in [5.41, 5.74) is 0.711. The number of amides is 1. The normalized spacial score (nSPS) is 10.6. The van der Waals surface area contributed by atoms with Crippen molar-refractivity contribution in [2.75, 3.05) is 5.32 Å². The number of halogens is 2. The molecule has 0 fully saturated rings. The van der Waals surface area contributed by atoms with E-state index >= 15 is 0 Å². The quantitative estimate of drug-likeness (QED) is 0.746. The van der Waals surface area contributed by atoms with E-state index in [1.807, 2.05) is 17.5 Å². The van der Waals surface area contributed by atoms with Crippen LogP contribution in [0.5, 0.6) is 0 Å². The molecule has 24 heavy (non-hydrogen) atoms. The third-order valence-electron chi connectivity index (χ3n) is 3.14. The first-order valence-electron chi connectivity index (χ1n) is 6.90. The molecule has 5 nitrogen and oxygen atoms in total. The molecule has 1 N–H and O–H groups in total. The molecule has 1 aromatic carbocycles. The number of nitrogens with zero attached hydrogens (tertiary/aromatic N) is 2. The highest BCUT2D eigenvalue weighted by molar-refractivity contribution is 7.13. The summed E-state index contributed by atoms with van der Waals surface area (Å²) >= 11 is 13.3. The number of carbonyl (C=O) groups excluding carboxylic acids is 1. The number of benzene rings is 1. The zero-order valence-electron chi connectivity index (χ0n) is 12.2. The van der Waals surface area contributed by atoms with Crippen LogP contribution in [-0.4, -0.2) is 15.7 Å². The molecule has 2 aromatic heterocycles. The van der Waals surface area contributed by atoms with Gasteiger partial charge in [-0.25, -0.2) is 4.68 Å². The molecule has 0 aliphatic heterocycles. The molecule has 3 rings (SSSR count). The molecule has 0 spiro atoms. The van der Waals surface area contributed by atoms with Crippen molar-refractivity contribution in [1.29, 1.82) is 0 Å². The van der Waals surface area contributed by atoms with Crippen molar-refractivity contribution in [3.8, 4) is 10.6 Å². The van der Waals surface area contributed by atoms with Crippen LogP contribution in [0.25, 0.3) is 10.6 Å². The Balaban J connectivity index is 1.79. The van der Waals surface area contributed by atoms with E-state index < -0.39 is 5.91 Å². The summed E-state index contributed by atoms with van der Waals surface area (Å²) < 4.78 is 1.12. The van der Waals surface area contributed by atoms with Crippen molar-refractivity contribution in [3.05, 3.63) is 68.2 Å². The molecule has 0 radical (unpaired) electrons. The van der Waals surface area contributed by atoms with Crippen molar-refractivity contribution in [2.45, 2.75) is 6.54 Å². The molecule has 8 heteroatoms. The highest BCUT2D eigenvalue weighted by atomic mass is 35.5. The van der Waals surface area contributed by atoms with Crippen LogP contribution in [0.2, 0.25) is 10.0 Å². The predicted molar refractivity (Wildman–Crippen MR) is 96.9 cm³/mol. The van der Waals surface area contributed by atoms with Crippen LogP contribution in [-0.2, 0) is 11.3 Å². The van der Waals surface area contributed by atoms with Crippen LogP contribution < -0.4 is 10.9 Å². The Labute approximate surface area is 151 Å². The van der Waals surface area contributed by atoms with Crippen molar-refractivity contribution in [1.82, 2.24) is 9.78 Å². The Bertz CT molecular complexity index is 939. The van der Waals surface area contributed by atoms with Crippen LogP contribution in [0.1, 0.15) is 0 Å². The summed E-state index contributed by atoms with van der Waals surface area (Å²) in [6.45, 7) is -0.211. The first-order chi connectivity index (χ1) is 11.5. The first-order valence-corrected chi connectivity index (χ1v) is 8.53. The number of rotatable bonds is 4. The number of anilines is 1. The topological polar surface area (TPSA) is 64.0 Å². The fourth-order valence-electron chi connectivity index (χ4n) is 2.03. The molecule has 0 unspecified atom stereocenters. The lowest BCUT2D eigenvalue weighted by Crippen LogP contribution is -2.29. The molecule has 0 aliphatic carbocycles. The maximum absolute atomic E-state index is 12.2. The third kappa shape index (κ3) is 3.84. The molecular formula is C16H11Cl2N3O2S. The second-order valence-corrected chi connectivity index (χ2v) is 6.66. The van der Waals surface area contributed by atoms with E-state index in [0.717, 1.165) is 9.56 Å². The molecule has 0 atom stereocenters. The van der Waals surface area contributed by atoms with Gasteiger partial charge in [0.15, 0.2) is 0 Å². The summed E-state index contributed by atoms with van der Waals surface area (Å²) in [6.07, 6.45) is 0. The average Bonchev–Trinajstić information content (AvgIpc) is 3.07. The minimum atomic E-state index is -0.405. The zero-order chi connectivity index (χ0) is 17.1. The molecule has 1 amide bonds. The van der Waals surface area contributed by atoms with E-state index in [1.54, 1.807) is 18.2 Å². The molecule has 122 valence electrons. The Kier molecular flexibility index (Phi) is 4.99. The van der Waals surface area contributed by atoms with Gasteiger partial charge in [0.05, 0.1) is 15.6 Å². The van der Waals surface area contributed by atoms with Crippen molar-refractivity contribution in [3.63, 3.8) is 0 Å². The fraction of sp³-hybridized carbons (Fsp3) is 0.0625. The Morgan fingerprint density at radius 1 is 1.21 bits per heavy atom. The minimum Gasteiger partial charge on any atom is -0.323 e. The average molecular weight is 380 g/mol.